The van der Waals surface area contributed by atoms with Crippen LogP contribution in [0.4, 0.5) is 0 Å². The van der Waals surface area contributed by atoms with E-state index in [1.807, 2.05) is 6.92 Å². The molecule has 2 rings (SSSR count). The Bertz CT molecular complexity index is 480. The third-order valence-electron chi connectivity index (χ3n) is 1.97. The normalized spacial score (nSPS) is 10.7. The molecule has 0 amide bonds. The van der Waals surface area contributed by atoms with Crippen LogP contribution in [-0.4, -0.2) is 26.5 Å². The molecule has 0 N–H and O–H groups in total. The summed E-state index contributed by atoms with van der Waals surface area (Å²) in [7, 11) is 1.80. The predicted octanol–water partition coefficient (Wildman–Crippen LogP) is 1.76. The number of ether oxygens (including phenoxy) is 1. The van der Waals surface area contributed by atoms with Gasteiger partial charge in [0.05, 0.1) is 12.2 Å². The molecule has 0 aliphatic rings. The number of hydrogen-bond acceptors (Lipinski definition) is 5. The van der Waals surface area contributed by atoms with E-state index < -0.39 is 0 Å². The molecule has 0 fully saturated rings. The molecule has 2 aromatic heterocycles. The van der Waals surface area contributed by atoms with Crippen molar-refractivity contribution in [3.05, 3.63) is 11.9 Å². The Kier molecular flexibility index (Phi) is 3.23. The van der Waals surface area contributed by atoms with E-state index in [0.717, 1.165) is 5.56 Å². The van der Waals surface area contributed by atoms with E-state index in [1.165, 1.54) is 0 Å². The summed E-state index contributed by atoms with van der Waals surface area (Å²) in [5, 5.41) is 8.59. The fourth-order valence-electron chi connectivity index (χ4n) is 1.28. The van der Waals surface area contributed by atoms with Crippen molar-refractivity contribution in [1.82, 2.24) is 19.9 Å². The van der Waals surface area contributed by atoms with Gasteiger partial charge in [0.15, 0.2) is 0 Å². The third kappa shape index (κ3) is 1.95. The van der Waals surface area contributed by atoms with Crippen molar-refractivity contribution in [1.29, 1.82) is 0 Å². The highest BCUT2D eigenvalue weighted by Gasteiger charge is 2.20. The number of nitrogens with zero attached hydrogens (tertiary/aromatic N) is 4. The first-order valence-electron chi connectivity index (χ1n) is 4.79. The highest BCUT2D eigenvalue weighted by molar-refractivity contribution is 9.08. The van der Waals surface area contributed by atoms with Crippen LogP contribution in [0.3, 0.4) is 0 Å². The summed E-state index contributed by atoms with van der Waals surface area (Å²) in [6, 6.07) is 0. The number of halogens is 1. The number of aromatic nitrogens is 4. The summed E-state index contributed by atoms with van der Waals surface area (Å²) in [5.41, 5.74) is 0.827. The van der Waals surface area contributed by atoms with E-state index >= 15 is 0 Å². The van der Waals surface area contributed by atoms with Crippen LogP contribution in [0.2, 0.25) is 0 Å². The maximum absolute atomic E-state index is 5.34. The van der Waals surface area contributed by atoms with E-state index in [1.54, 1.807) is 18.1 Å². The van der Waals surface area contributed by atoms with Crippen LogP contribution in [0.25, 0.3) is 11.6 Å². The van der Waals surface area contributed by atoms with E-state index in [0.29, 0.717) is 29.4 Å². The minimum atomic E-state index is 0.488. The summed E-state index contributed by atoms with van der Waals surface area (Å²) < 4.78 is 12.1. The molecule has 0 aliphatic heterocycles. The molecule has 2 aromatic rings. The number of hydrogen-bond donors (Lipinski definition) is 0. The molecule has 0 saturated carbocycles. The maximum atomic E-state index is 5.34. The average molecular weight is 287 g/mol. The zero-order valence-corrected chi connectivity index (χ0v) is 10.6. The lowest BCUT2D eigenvalue weighted by molar-refractivity contribution is 0.295. The van der Waals surface area contributed by atoms with Gasteiger partial charge in [-0.05, 0) is 12.1 Å². The molecule has 86 valence electrons. The van der Waals surface area contributed by atoms with Crippen LogP contribution in [0.1, 0.15) is 12.5 Å². The monoisotopic (exact) mass is 286 g/mol. The molecule has 16 heavy (non-hydrogen) atoms. The van der Waals surface area contributed by atoms with Crippen LogP contribution < -0.4 is 4.74 Å². The summed E-state index contributed by atoms with van der Waals surface area (Å²) in [6.45, 7) is 2.44. The largest absolute Gasteiger partial charge is 0.476 e. The van der Waals surface area contributed by atoms with Crippen molar-refractivity contribution >= 4 is 15.9 Å². The Balaban J connectivity index is 2.41. The smallest absolute Gasteiger partial charge is 0.258 e. The molecule has 0 spiro atoms. The zero-order chi connectivity index (χ0) is 11.5. The van der Waals surface area contributed by atoms with Gasteiger partial charge in [-0.2, -0.15) is 0 Å². The van der Waals surface area contributed by atoms with Crippen molar-refractivity contribution in [3.63, 3.8) is 0 Å². The SMILES string of the molecule is CCOc1noc(-c2ncn(C)n2)c1CBr. The van der Waals surface area contributed by atoms with Gasteiger partial charge < -0.3 is 9.26 Å². The lowest BCUT2D eigenvalue weighted by Gasteiger charge is -1.98. The minimum Gasteiger partial charge on any atom is -0.476 e. The Morgan fingerprint density at radius 1 is 1.56 bits per heavy atom. The Hall–Kier alpha value is -1.37. The standard InChI is InChI=1S/C9H11BrN4O2/c1-3-15-9-6(4-10)7(16-13-9)8-11-5-14(2)12-8/h5H,3-4H2,1-2H3. The van der Waals surface area contributed by atoms with Gasteiger partial charge in [-0.25, -0.2) is 4.98 Å². The minimum absolute atomic E-state index is 0.488. The van der Waals surface area contributed by atoms with Crippen LogP contribution in [0.15, 0.2) is 10.9 Å². The van der Waals surface area contributed by atoms with Crippen LogP contribution >= 0.6 is 15.9 Å². The van der Waals surface area contributed by atoms with Crippen molar-refractivity contribution in [2.24, 2.45) is 7.05 Å². The number of rotatable bonds is 4. The van der Waals surface area contributed by atoms with Crippen molar-refractivity contribution < 1.29 is 9.26 Å². The Labute approximate surface area is 101 Å². The van der Waals surface area contributed by atoms with Gasteiger partial charge in [0.25, 0.3) is 5.88 Å². The van der Waals surface area contributed by atoms with Gasteiger partial charge in [0.2, 0.25) is 11.6 Å². The number of alkyl halides is 1. The van der Waals surface area contributed by atoms with Gasteiger partial charge in [0, 0.05) is 12.4 Å². The fraction of sp³-hybridized carbons (Fsp3) is 0.444. The predicted molar refractivity (Wildman–Crippen MR) is 60.3 cm³/mol. The first kappa shape index (κ1) is 11.1. The molecule has 2 heterocycles. The lowest BCUT2D eigenvalue weighted by Crippen LogP contribution is -1.94. The Morgan fingerprint density at radius 2 is 2.38 bits per heavy atom. The highest BCUT2D eigenvalue weighted by Crippen LogP contribution is 2.30. The first-order valence-corrected chi connectivity index (χ1v) is 5.91. The molecule has 0 aromatic carbocycles. The summed E-state index contributed by atoms with van der Waals surface area (Å²) >= 11 is 3.37. The third-order valence-corrected chi connectivity index (χ3v) is 2.53. The zero-order valence-electron chi connectivity index (χ0n) is 8.97. The molecule has 7 heteroatoms. The van der Waals surface area contributed by atoms with Crippen LogP contribution in [-0.2, 0) is 12.4 Å². The van der Waals surface area contributed by atoms with E-state index in [2.05, 4.69) is 31.2 Å². The van der Waals surface area contributed by atoms with Gasteiger partial charge in [-0.15, -0.1) is 5.10 Å². The molecule has 0 aliphatic carbocycles. The van der Waals surface area contributed by atoms with Crippen molar-refractivity contribution in [3.8, 4) is 17.5 Å². The quantitative estimate of drug-likeness (QED) is 0.802. The second kappa shape index (κ2) is 4.65. The number of aryl methyl sites for hydroxylation is 1. The second-order valence-corrected chi connectivity index (χ2v) is 3.66. The summed E-state index contributed by atoms with van der Waals surface area (Å²) in [4.78, 5) is 4.11. The van der Waals surface area contributed by atoms with Gasteiger partial charge in [0.1, 0.15) is 6.33 Å². The summed E-state index contributed by atoms with van der Waals surface area (Å²) in [5.74, 6) is 1.54. The molecule has 0 radical (unpaired) electrons. The van der Waals surface area contributed by atoms with Crippen molar-refractivity contribution in [2.45, 2.75) is 12.3 Å². The molecule has 0 atom stereocenters. The fourth-order valence-corrected chi connectivity index (χ4v) is 1.78. The van der Waals surface area contributed by atoms with Crippen LogP contribution in [0.5, 0.6) is 5.88 Å². The molecular formula is C9H11BrN4O2. The Morgan fingerprint density at radius 3 is 2.94 bits per heavy atom. The molecular weight excluding hydrogens is 276 g/mol. The van der Waals surface area contributed by atoms with E-state index in [4.69, 9.17) is 9.26 Å². The lowest BCUT2D eigenvalue weighted by atomic mass is 10.3. The van der Waals surface area contributed by atoms with Crippen LogP contribution in [0, 0.1) is 0 Å². The highest BCUT2D eigenvalue weighted by atomic mass is 79.9. The van der Waals surface area contributed by atoms with Gasteiger partial charge >= 0.3 is 0 Å². The van der Waals surface area contributed by atoms with E-state index in [-0.39, 0.29) is 0 Å². The van der Waals surface area contributed by atoms with E-state index in [9.17, 15) is 0 Å². The second-order valence-electron chi connectivity index (χ2n) is 3.10. The van der Waals surface area contributed by atoms with Gasteiger partial charge in [-0.3, -0.25) is 4.68 Å². The summed E-state index contributed by atoms with van der Waals surface area (Å²) in [6.07, 6.45) is 1.61. The van der Waals surface area contributed by atoms with Gasteiger partial charge in [-0.1, -0.05) is 15.9 Å². The topological polar surface area (TPSA) is 66.0 Å². The average Bonchev–Trinajstić information content (AvgIpc) is 2.85. The molecule has 0 saturated heterocycles. The first-order chi connectivity index (χ1) is 7.76. The molecule has 6 nitrogen and oxygen atoms in total. The molecule has 0 unspecified atom stereocenters. The maximum Gasteiger partial charge on any atom is 0.258 e. The van der Waals surface area contributed by atoms with Crippen molar-refractivity contribution in [2.75, 3.05) is 6.61 Å². The molecule has 0 bridgehead atoms.